The van der Waals surface area contributed by atoms with Gasteiger partial charge in [0.15, 0.2) is 0 Å². The van der Waals surface area contributed by atoms with E-state index in [0.29, 0.717) is 18.0 Å². The lowest BCUT2D eigenvalue weighted by Crippen LogP contribution is -2.36. The predicted octanol–water partition coefficient (Wildman–Crippen LogP) is 3.01. The molecule has 3 rings (SSSR count). The van der Waals surface area contributed by atoms with E-state index in [1.54, 1.807) is 12.1 Å². The zero-order valence-corrected chi connectivity index (χ0v) is 16.3. The van der Waals surface area contributed by atoms with Crippen molar-refractivity contribution in [2.45, 2.75) is 18.2 Å². The summed E-state index contributed by atoms with van der Waals surface area (Å²) in [5.41, 5.74) is 3.12. The summed E-state index contributed by atoms with van der Waals surface area (Å²) < 4.78 is 32.7. The molecule has 1 saturated heterocycles. The summed E-state index contributed by atoms with van der Waals surface area (Å²) in [6.07, 6.45) is 0.627. The van der Waals surface area contributed by atoms with Gasteiger partial charge >= 0.3 is 0 Å². The van der Waals surface area contributed by atoms with Crippen molar-refractivity contribution < 1.29 is 13.2 Å². The van der Waals surface area contributed by atoms with Crippen molar-refractivity contribution in [3.63, 3.8) is 0 Å². The van der Waals surface area contributed by atoms with Gasteiger partial charge in [-0.1, -0.05) is 29.8 Å². The molecule has 2 aromatic rings. The number of anilines is 1. The van der Waals surface area contributed by atoms with E-state index in [2.05, 4.69) is 21.8 Å². The number of sulfonamides is 1. The molecule has 0 unspecified atom stereocenters. The van der Waals surface area contributed by atoms with Crippen LogP contribution in [0, 0.1) is 6.92 Å². The van der Waals surface area contributed by atoms with Gasteiger partial charge in [0.25, 0.3) is 0 Å². The van der Waals surface area contributed by atoms with Gasteiger partial charge in [-0.25, -0.2) is 13.1 Å². The maximum absolute atomic E-state index is 12.4. The van der Waals surface area contributed by atoms with Gasteiger partial charge in [0.2, 0.25) is 10.0 Å². The zero-order valence-electron chi connectivity index (χ0n) is 14.7. The van der Waals surface area contributed by atoms with Crippen molar-refractivity contribution in [3.8, 4) is 0 Å². The number of hydrogen-bond acceptors (Lipinski definition) is 4. The minimum Gasteiger partial charge on any atom is -0.378 e. The molecule has 0 atom stereocenters. The summed E-state index contributed by atoms with van der Waals surface area (Å²) in [5.74, 6) is 0. The Labute approximate surface area is 160 Å². The Bertz CT molecular complexity index is 848. The molecule has 0 bridgehead atoms. The minimum absolute atomic E-state index is 0.191. The van der Waals surface area contributed by atoms with Crippen LogP contribution in [0.15, 0.2) is 47.4 Å². The van der Waals surface area contributed by atoms with E-state index in [1.807, 2.05) is 19.1 Å². The number of aryl methyl sites for hydroxylation is 1. The molecule has 1 aliphatic heterocycles. The Morgan fingerprint density at radius 1 is 1.12 bits per heavy atom. The van der Waals surface area contributed by atoms with Crippen LogP contribution in [0.4, 0.5) is 5.69 Å². The molecule has 0 saturated carbocycles. The van der Waals surface area contributed by atoms with E-state index >= 15 is 0 Å². The predicted molar refractivity (Wildman–Crippen MR) is 105 cm³/mol. The largest absolute Gasteiger partial charge is 0.378 e. The van der Waals surface area contributed by atoms with Crippen LogP contribution in [-0.4, -0.2) is 41.3 Å². The lowest BCUT2D eigenvalue weighted by atomic mass is 10.1. The second-order valence-electron chi connectivity index (χ2n) is 6.32. The maximum Gasteiger partial charge on any atom is 0.240 e. The van der Waals surface area contributed by atoms with Crippen LogP contribution < -0.4 is 9.62 Å². The Morgan fingerprint density at radius 3 is 2.46 bits per heavy atom. The van der Waals surface area contributed by atoms with Gasteiger partial charge in [-0.2, -0.15) is 0 Å². The standard InChI is InChI=1S/C19H23ClN2O3S/c1-15-2-7-18(14-19(15)20)26(23,24)21-9-8-16-3-5-17(6-4-16)22-10-12-25-13-11-22/h2-7,14,21H,8-13H2,1H3. The fraction of sp³-hybridized carbons (Fsp3) is 0.368. The smallest absolute Gasteiger partial charge is 0.240 e. The quantitative estimate of drug-likeness (QED) is 0.818. The van der Waals surface area contributed by atoms with E-state index in [4.69, 9.17) is 16.3 Å². The lowest BCUT2D eigenvalue weighted by Gasteiger charge is -2.28. The molecular weight excluding hydrogens is 372 g/mol. The third-order valence-electron chi connectivity index (χ3n) is 4.47. The first-order valence-corrected chi connectivity index (χ1v) is 10.5. The molecule has 0 spiro atoms. The molecular formula is C19H23ClN2O3S. The number of morpholine rings is 1. The van der Waals surface area contributed by atoms with Crippen LogP contribution in [0.5, 0.6) is 0 Å². The highest BCUT2D eigenvalue weighted by atomic mass is 35.5. The highest BCUT2D eigenvalue weighted by Gasteiger charge is 2.15. The Kier molecular flexibility index (Phi) is 6.19. The van der Waals surface area contributed by atoms with E-state index < -0.39 is 10.0 Å². The molecule has 1 N–H and O–H groups in total. The highest BCUT2D eigenvalue weighted by Crippen LogP contribution is 2.20. The zero-order chi connectivity index (χ0) is 18.6. The molecule has 1 fully saturated rings. The number of ether oxygens (including phenoxy) is 1. The average molecular weight is 395 g/mol. The van der Waals surface area contributed by atoms with Crippen molar-refractivity contribution >= 4 is 27.3 Å². The van der Waals surface area contributed by atoms with E-state index in [9.17, 15) is 8.42 Å². The first-order valence-electron chi connectivity index (χ1n) is 8.63. The number of nitrogens with one attached hydrogen (secondary N) is 1. The molecule has 0 amide bonds. The van der Waals surface area contributed by atoms with E-state index in [1.165, 1.54) is 11.8 Å². The maximum atomic E-state index is 12.4. The van der Waals surface area contributed by atoms with Gasteiger partial charge in [-0.05, 0) is 48.7 Å². The van der Waals surface area contributed by atoms with Crippen molar-refractivity contribution in [3.05, 3.63) is 58.6 Å². The first-order chi connectivity index (χ1) is 12.5. The number of benzene rings is 2. The topological polar surface area (TPSA) is 58.6 Å². The van der Waals surface area contributed by atoms with Gasteiger partial charge in [0, 0.05) is 30.3 Å². The summed E-state index contributed by atoms with van der Waals surface area (Å²) in [6.45, 7) is 5.49. The first kappa shape index (κ1) is 19.2. The third-order valence-corrected chi connectivity index (χ3v) is 6.34. The molecule has 140 valence electrons. The Hall–Kier alpha value is -1.60. The summed E-state index contributed by atoms with van der Waals surface area (Å²) in [6, 6.07) is 13.0. The van der Waals surface area contributed by atoms with Crippen molar-refractivity contribution in [2.24, 2.45) is 0 Å². The number of hydrogen-bond donors (Lipinski definition) is 1. The van der Waals surface area contributed by atoms with Crippen LogP contribution in [0.2, 0.25) is 5.02 Å². The minimum atomic E-state index is -3.55. The van der Waals surface area contributed by atoms with Crippen LogP contribution in [0.25, 0.3) is 0 Å². The van der Waals surface area contributed by atoms with Gasteiger partial charge in [-0.3, -0.25) is 0 Å². The van der Waals surface area contributed by atoms with Gasteiger partial charge < -0.3 is 9.64 Å². The fourth-order valence-electron chi connectivity index (χ4n) is 2.85. The molecule has 26 heavy (non-hydrogen) atoms. The van der Waals surface area contributed by atoms with E-state index in [0.717, 1.165) is 37.4 Å². The summed E-state index contributed by atoms with van der Waals surface area (Å²) >= 11 is 6.02. The molecule has 0 radical (unpaired) electrons. The average Bonchev–Trinajstić information content (AvgIpc) is 2.65. The van der Waals surface area contributed by atoms with Gasteiger partial charge in [0.1, 0.15) is 0 Å². The van der Waals surface area contributed by atoms with Crippen LogP contribution in [-0.2, 0) is 21.2 Å². The molecule has 7 heteroatoms. The second-order valence-corrected chi connectivity index (χ2v) is 8.50. The summed E-state index contributed by atoms with van der Waals surface area (Å²) in [7, 11) is -3.55. The number of halogens is 1. The molecule has 1 aliphatic rings. The molecule has 5 nitrogen and oxygen atoms in total. The molecule has 1 heterocycles. The third kappa shape index (κ3) is 4.76. The van der Waals surface area contributed by atoms with Crippen molar-refractivity contribution in [1.82, 2.24) is 4.72 Å². The van der Waals surface area contributed by atoms with Gasteiger partial charge in [-0.15, -0.1) is 0 Å². The van der Waals surface area contributed by atoms with E-state index in [-0.39, 0.29) is 4.90 Å². The lowest BCUT2D eigenvalue weighted by molar-refractivity contribution is 0.122. The monoisotopic (exact) mass is 394 g/mol. The van der Waals surface area contributed by atoms with Crippen LogP contribution in [0.3, 0.4) is 0 Å². The number of rotatable bonds is 6. The number of nitrogens with zero attached hydrogens (tertiary/aromatic N) is 1. The SMILES string of the molecule is Cc1ccc(S(=O)(=O)NCCc2ccc(N3CCOCC3)cc2)cc1Cl. The normalized spacial score (nSPS) is 15.2. The second kappa shape index (κ2) is 8.39. The van der Waals surface area contributed by atoms with Crippen LogP contribution >= 0.6 is 11.6 Å². The Balaban J connectivity index is 1.56. The molecule has 2 aromatic carbocycles. The summed E-state index contributed by atoms with van der Waals surface area (Å²) in [4.78, 5) is 2.48. The molecule has 0 aliphatic carbocycles. The van der Waals surface area contributed by atoms with Crippen LogP contribution in [0.1, 0.15) is 11.1 Å². The van der Waals surface area contributed by atoms with Crippen molar-refractivity contribution in [2.75, 3.05) is 37.7 Å². The van der Waals surface area contributed by atoms with Crippen molar-refractivity contribution in [1.29, 1.82) is 0 Å². The highest BCUT2D eigenvalue weighted by molar-refractivity contribution is 7.89. The molecule has 0 aromatic heterocycles. The van der Waals surface area contributed by atoms with Gasteiger partial charge in [0.05, 0.1) is 18.1 Å². The fourth-order valence-corrected chi connectivity index (χ4v) is 4.15. The Morgan fingerprint density at radius 2 is 1.81 bits per heavy atom. The summed E-state index contributed by atoms with van der Waals surface area (Å²) in [5, 5.41) is 0.451.